The molecule has 0 amide bonds. The second kappa shape index (κ2) is 2.37. The van der Waals surface area contributed by atoms with Crippen LogP contribution in [0.4, 0.5) is 0 Å². The average Bonchev–Trinajstić information content (AvgIpc) is 3.09. The minimum absolute atomic E-state index is 0.152. The van der Waals surface area contributed by atoms with Crippen molar-refractivity contribution < 1.29 is 5.11 Å². The molecular weight excluding hydrogens is 172 g/mol. The van der Waals surface area contributed by atoms with Gasteiger partial charge in [-0.15, -0.1) is 0 Å². The largest absolute Gasteiger partial charge is 0.389 e. The summed E-state index contributed by atoms with van der Waals surface area (Å²) in [7, 11) is 0. The molecule has 0 radical (unpaired) electrons. The van der Waals surface area contributed by atoms with E-state index >= 15 is 0 Å². The number of fused-ring (bicyclic) bond motifs is 1. The van der Waals surface area contributed by atoms with E-state index in [4.69, 9.17) is 0 Å². The van der Waals surface area contributed by atoms with E-state index in [-0.39, 0.29) is 5.60 Å². The Morgan fingerprint density at radius 2 is 1.36 bits per heavy atom. The summed E-state index contributed by atoms with van der Waals surface area (Å²) in [5.74, 6) is 4.05. The van der Waals surface area contributed by atoms with Gasteiger partial charge in [-0.2, -0.15) is 0 Å². The molecule has 0 heterocycles. The lowest BCUT2D eigenvalue weighted by Gasteiger charge is -2.26. The molecule has 4 aliphatic carbocycles. The minimum Gasteiger partial charge on any atom is -0.389 e. The summed E-state index contributed by atoms with van der Waals surface area (Å²) in [6.07, 6.45) is 9.73. The highest BCUT2D eigenvalue weighted by molar-refractivity contribution is 5.21. The average molecular weight is 192 g/mol. The van der Waals surface area contributed by atoms with Gasteiger partial charge in [-0.25, -0.2) is 0 Å². The molecule has 4 aliphatic rings. The first-order valence-electron chi connectivity index (χ1n) is 6.54. The monoisotopic (exact) mass is 192 g/mol. The molecule has 4 fully saturated rings. The van der Waals surface area contributed by atoms with Crippen molar-refractivity contribution in [2.75, 3.05) is 0 Å². The molecule has 78 valence electrons. The van der Waals surface area contributed by atoms with Crippen LogP contribution in [-0.2, 0) is 0 Å². The van der Waals surface area contributed by atoms with Gasteiger partial charge in [0, 0.05) is 0 Å². The first kappa shape index (κ1) is 8.15. The number of rotatable bonds is 3. The van der Waals surface area contributed by atoms with Crippen LogP contribution in [0.3, 0.4) is 0 Å². The molecule has 1 N–H and O–H groups in total. The molecule has 2 atom stereocenters. The molecule has 0 spiro atoms. The zero-order valence-corrected chi connectivity index (χ0v) is 8.78. The third-order valence-corrected chi connectivity index (χ3v) is 5.39. The molecule has 1 nitrogen and oxygen atoms in total. The van der Waals surface area contributed by atoms with Crippen molar-refractivity contribution in [2.24, 2.45) is 29.6 Å². The summed E-state index contributed by atoms with van der Waals surface area (Å²) in [6, 6.07) is 0. The Kier molecular flexibility index (Phi) is 1.38. The third kappa shape index (κ3) is 0.900. The van der Waals surface area contributed by atoms with Crippen molar-refractivity contribution in [2.45, 2.75) is 50.5 Å². The summed E-state index contributed by atoms with van der Waals surface area (Å²) in [5.41, 5.74) is -0.152. The fraction of sp³-hybridized carbons (Fsp3) is 1.00. The molecule has 0 aromatic rings. The van der Waals surface area contributed by atoms with E-state index in [1.54, 1.807) is 0 Å². The topological polar surface area (TPSA) is 20.2 Å². The van der Waals surface area contributed by atoms with Crippen LogP contribution in [0.2, 0.25) is 0 Å². The molecule has 4 rings (SSSR count). The van der Waals surface area contributed by atoms with Gasteiger partial charge in [0.05, 0.1) is 5.60 Å². The fourth-order valence-electron chi connectivity index (χ4n) is 4.51. The van der Waals surface area contributed by atoms with Gasteiger partial charge in [0.25, 0.3) is 0 Å². The lowest BCUT2D eigenvalue weighted by molar-refractivity contribution is 0.0218. The Hall–Kier alpha value is -0.0400. The summed E-state index contributed by atoms with van der Waals surface area (Å²) < 4.78 is 0. The SMILES string of the molecule is OC1(C(C2CC2)C2CC2)C2CCCC21. The highest BCUT2D eigenvalue weighted by Gasteiger charge is 2.72. The molecular formula is C13H20O. The van der Waals surface area contributed by atoms with Gasteiger partial charge in [-0.05, 0) is 68.1 Å². The smallest absolute Gasteiger partial charge is 0.0744 e. The summed E-state index contributed by atoms with van der Waals surface area (Å²) in [6.45, 7) is 0. The van der Waals surface area contributed by atoms with Crippen molar-refractivity contribution in [3.63, 3.8) is 0 Å². The maximum atomic E-state index is 10.8. The molecule has 0 bridgehead atoms. The van der Waals surface area contributed by atoms with E-state index in [9.17, 15) is 5.11 Å². The van der Waals surface area contributed by atoms with Gasteiger partial charge >= 0.3 is 0 Å². The fourth-order valence-corrected chi connectivity index (χ4v) is 4.51. The highest BCUT2D eigenvalue weighted by Crippen LogP contribution is 2.70. The second-order valence-corrected chi connectivity index (χ2v) is 6.23. The minimum atomic E-state index is -0.152. The van der Waals surface area contributed by atoms with Gasteiger partial charge in [0.2, 0.25) is 0 Å². The Morgan fingerprint density at radius 3 is 1.79 bits per heavy atom. The molecule has 14 heavy (non-hydrogen) atoms. The van der Waals surface area contributed by atoms with E-state index in [0.717, 1.165) is 29.6 Å². The van der Waals surface area contributed by atoms with Crippen molar-refractivity contribution in [3.05, 3.63) is 0 Å². The van der Waals surface area contributed by atoms with Crippen LogP contribution in [-0.4, -0.2) is 10.7 Å². The molecule has 0 saturated heterocycles. The van der Waals surface area contributed by atoms with Crippen LogP contribution in [0.1, 0.15) is 44.9 Å². The first-order chi connectivity index (χ1) is 6.82. The van der Waals surface area contributed by atoms with Crippen molar-refractivity contribution in [3.8, 4) is 0 Å². The standard InChI is InChI=1S/C13H20O/c14-13(10-2-1-3-11(10)13)12(8-4-5-8)9-6-7-9/h8-12,14H,1-7H2. The Labute approximate surface area is 85.9 Å². The molecule has 0 aliphatic heterocycles. The van der Waals surface area contributed by atoms with E-state index in [1.165, 1.54) is 44.9 Å². The lowest BCUT2D eigenvalue weighted by Crippen LogP contribution is -2.31. The van der Waals surface area contributed by atoms with Crippen LogP contribution < -0.4 is 0 Å². The molecule has 1 heteroatoms. The Morgan fingerprint density at radius 1 is 0.857 bits per heavy atom. The van der Waals surface area contributed by atoms with Gasteiger partial charge in [-0.3, -0.25) is 0 Å². The van der Waals surface area contributed by atoms with Crippen molar-refractivity contribution >= 4 is 0 Å². The predicted octanol–water partition coefficient (Wildman–Crippen LogP) is 2.58. The van der Waals surface area contributed by atoms with Crippen molar-refractivity contribution in [1.82, 2.24) is 0 Å². The normalized spacial score (nSPS) is 51.0. The second-order valence-electron chi connectivity index (χ2n) is 6.23. The summed E-state index contributed by atoms with van der Waals surface area (Å²) >= 11 is 0. The summed E-state index contributed by atoms with van der Waals surface area (Å²) in [4.78, 5) is 0. The van der Waals surface area contributed by atoms with Gasteiger partial charge in [0.15, 0.2) is 0 Å². The zero-order chi connectivity index (χ0) is 9.34. The zero-order valence-electron chi connectivity index (χ0n) is 8.78. The van der Waals surface area contributed by atoms with Crippen LogP contribution in [0.15, 0.2) is 0 Å². The molecule has 4 saturated carbocycles. The van der Waals surface area contributed by atoms with Crippen LogP contribution in [0.25, 0.3) is 0 Å². The van der Waals surface area contributed by atoms with Crippen LogP contribution in [0, 0.1) is 29.6 Å². The van der Waals surface area contributed by atoms with Gasteiger partial charge in [0.1, 0.15) is 0 Å². The van der Waals surface area contributed by atoms with Crippen LogP contribution >= 0.6 is 0 Å². The van der Waals surface area contributed by atoms with E-state index in [2.05, 4.69) is 0 Å². The van der Waals surface area contributed by atoms with Crippen molar-refractivity contribution in [1.29, 1.82) is 0 Å². The predicted molar refractivity (Wildman–Crippen MR) is 54.7 cm³/mol. The highest BCUT2D eigenvalue weighted by atomic mass is 16.3. The lowest BCUT2D eigenvalue weighted by atomic mass is 9.85. The van der Waals surface area contributed by atoms with Gasteiger partial charge in [-0.1, -0.05) is 6.42 Å². The maximum absolute atomic E-state index is 10.8. The number of hydrogen-bond donors (Lipinski definition) is 1. The maximum Gasteiger partial charge on any atom is 0.0744 e. The number of aliphatic hydroxyl groups is 1. The van der Waals surface area contributed by atoms with E-state index in [1.807, 2.05) is 0 Å². The Balaban J connectivity index is 1.60. The summed E-state index contributed by atoms with van der Waals surface area (Å²) in [5, 5.41) is 10.8. The first-order valence-corrected chi connectivity index (χ1v) is 6.54. The Bertz CT molecular complexity index is 242. The van der Waals surface area contributed by atoms with E-state index < -0.39 is 0 Å². The molecule has 0 aromatic heterocycles. The molecule has 0 aromatic carbocycles. The van der Waals surface area contributed by atoms with Crippen LogP contribution in [0.5, 0.6) is 0 Å². The third-order valence-electron chi connectivity index (χ3n) is 5.39. The van der Waals surface area contributed by atoms with Gasteiger partial charge < -0.3 is 5.11 Å². The number of hydrogen-bond acceptors (Lipinski definition) is 1. The van der Waals surface area contributed by atoms with E-state index in [0.29, 0.717) is 0 Å². The molecule has 2 unspecified atom stereocenters. The quantitative estimate of drug-likeness (QED) is 0.728.